The molecule has 0 radical (unpaired) electrons. The number of aromatic amines is 1. The lowest BCUT2D eigenvalue weighted by atomic mass is 10.2. The molecule has 110 valence electrons. The van der Waals surface area contributed by atoms with Crippen molar-refractivity contribution in [2.75, 3.05) is 11.9 Å². The van der Waals surface area contributed by atoms with Crippen molar-refractivity contribution in [3.05, 3.63) is 17.4 Å². The van der Waals surface area contributed by atoms with Crippen molar-refractivity contribution in [3.8, 4) is 10.6 Å². The average Bonchev–Trinajstić information content (AvgIpc) is 3.06. The Balaban J connectivity index is 2.14. The molecule has 2 N–H and O–H groups in total. The summed E-state index contributed by atoms with van der Waals surface area (Å²) in [5.74, 6) is 0.325. The molecule has 10 heteroatoms. The van der Waals surface area contributed by atoms with E-state index in [9.17, 15) is 13.2 Å². The highest BCUT2D eigenvalue weighted by atomic mass is 32.1. The third-order valence-electron chi connectivity index (χ3n) is 2.63. The van der Waals surface area contributed by atoms with E-state index in [0.29, 0.717) is 45.4 Å². The lowest BCUT2D eigenvalue weighted by Gasteiger charge is -2.04. The normalized spacial score (nSPS) is 12.0. The Kier molecular flexibility index (Phi) is 3.24. The topological polar surface area (TPSA) is 79.4 Å². The first-order chi connectivity index (χ1) is 9.99. The number of H-pyrrole nitrogens is 1. The Morgan fingerprint density at radius 1 is 1.29 bits per heavy atom. The van der Waals surface area contributed by atoms with E-state index in [2.05, 4.69) is 30.5 Å². The average molecular weight is 314 g/mol. The van der Waals surface area contributed by atoms with Gasteiger partial charge in [-0.15, -0.1) is 11.3 Å². The van der Waals surface area contributed by atoms with Gasteiger partial charge in [0.2, 0.25) is 5.95 Å². The van der Waals surface area contributed by atoms with Gasteiger partial charge < -0.3 is 5.32 Å². The maximum Gasteiger partial charge on any atom is 0.443 e. The number of anilines is 1. The van der Waals surface area contributed by atoms with Crippen LogP contribution in [0.3, 0.4) is 0 Å². The highest BCUT2D eigenvalue weighted by Crippen LogP contribution is 2.37. The van der Waals surface area contributed by atoms with Crippen LogP contribution in [0.15, 0.2) is 12.4 Å². The molecule has 0 fully saturated rings. The molecule has 0 atom stereocenters. The van der Waals surface area contributed by atoms with Gasteiger partial charge in [-0.1, -0.05) is 0 Å². The fourth-order valence-electron chi connectivity index (χ4n) is 1.77. The summed E-state index contributed by atoms with van der Waals surface area (Å²) in [7, 11) is 0. The summed E-state index contributed by atoms with van der Waals surface area (Å²) in [5.41, 5.74) is 0.829. The molecule has 0 spiro atoms. The number of fused-ring (bicyclic) bond motifs is 1. The Hall–Kier alpha value is -2.23. The van der Waals surface area contributed by atoms with Gasteiger partial charge in [0.1, 0.15) is 0 Å². The van der Waals surface area contributed by atoms with Crippen LogP contribution in [0.5, 0.6) is 0 Å². The molecule has 0 aliphatic carbocycles. The van der Waals surface area contributed by atoms with Crippen LogP contribution < -0.4 is 5.32 Å². The summed E-state index contributed by atoms with van der Waals surface area (Å²) in [6, 6.07) is 0. The molecular weight excluding hydrogens is 305 g/mol. The first kappa shape index (κ1) is 13.7. The Bertz CT molecular complexity index is 778. The molecule has 0 unspecified atom stereocenters. The summed E-state index contributed by atoms with van der Waals surface area (Å²) < 4.78 is 38.0. The van der Waals surface area contributed by atoms with Gasteiger partial charge in [-0.2, -0.15) is 23.3 Å². The Labute approximate surface area is 120 Å². The van der Waals surface area contributed by atoms with Crippen molar-refractivity contribution < 1.29 is 13.2 Å². The Morgan fingerprint density at radius 2 is 2.10 bits per heavy atom. The summed E-state index contributed by atoms with van der Waals surface area (Å²) in [4.78, 5) is 12.2. The SMILES string of the molecule is CCNc1nc(-c2cnc(C(F)(F)F)s2)c2cn[nH]c2n1. The number of nitrogens with one attached hydrogen (secondary N) is 2. The number of rotatable bonds is 3. The zero-order chi connectivity index (χ0) is 15.0. The zero-order valence-corrected chi connectivity index (χ0v) is 11.5. The lowest BCUT2D eigenvalue weighted by Crippen LogP contribution is -2.03. The molecule has 3 heterocycles. The molecule has 3 rings (SSSR count). The molecule has 21 heavy (non-hydrogen) atoms. The van der Waals surface area contributed by atoms with E-state index < -0.39 is 11.2 Å². The minimum absolute atomic E-state index is 0.315. The summed E-state index contributed by atoms with van der Waals surface area (Å²) in [6.07, 6.45) is -1.82. The van der Waals surface area contributed by atoms with Crippen molar-refractivity contribution in [2.24, 2.45) is 0 Å². The van der Waals surface area contributed by atoms with Crippen molar-refractivity contribution >= 4 is 28.3 Å². The number of hydrogen-bond donors (Lipinski definition) is 2. The molecule has 0 aromatic carbocycles. The van der Waals surface area contributed by atoms with Crippen molar-refractivity contribution in [1.82, 2.24) is 25.1 Å². The van der Waals surface area contributed by atoms with Gasteiger partial charge >= 0.3 is 6.18 Å². The van der Waals surface area contributed by atoms with Gasteiger partial charge in [0.25, 0.3) is 0 Å². The smallest absolute Gasteiger partial charge is 0.354 e. The molecule has 0 saturated carbocycles. The van der Waals surface area contributed by atoms with Gasteiger partial charge in [-0.3, -0.25) is 5.10 Å². The van der Waals surface area contributed by atoms with Crippen molar-refractivity contribution in [1.29, 1.82) is 0 Å². The van der Waals surface area contributed by atoms with Crippen LogP contribution in [0, 0.1) is 0 Å². The van der Waals surface area contributed by atoms with Crippen LogP contribution in [0.2, 0.25) is 0 Å². The minimum atomic E-state index is -4.46. The molecule has 3 aromatic heterocycles. The number of aromatic nitrogens is 5. The molecule has 0 bridgehead atoms. The van der Waals surface area contributed by atoms with Crippen LogP contribution in [0.1, 0.15) is 11.9 Å². The fourth-order valence-corrected chi connectivity index (χ4v) is 2.56. The molecule has 0 aliphatic rings. The van der Waals surface area contributed by atoms with E-state index in [1.54, 1.807) is 0 Å². The number of alkyl halides is 3. The second kappa shape index (κ2) is 4.95. The maximum absolute atomic E-state index is 12.7. The van der Waals surface area contributed by atoms with E-state index in [0.717, 1.165) is 6.20 Å². The van der Waals surface area contributed by atoms with Gasteiger partial charge in [0, 0.05) is 12.7 Å². The van der Waals surface area contributed by atoms with E-state index in [4.69, 9.17) is 0 Å². The third-order valence-corrected chi connectivity index (χ3v) is 3.68. The number of hydrogen-bond acceptors (Lipinski definition) is 6. The van der Waals surface area contributed by atoms with E-state index in [-0.39, 0.29) is 0 Å². The van der Waals surface area contributed by atoms with Gasteiger partial charge in [0.15, 0.2) is 10.7 Å². The highest BCUT2D eigenvalue weighted by molar-refractivity contribution is 7.15. The number of halogens is 3. The zero-order valence-electron chi connectivity index (χ0n) is 10.7. The van der Waals surface area contributed by atoms with Crippen molar-refractivity contribution in [2.45, 2.75) is 13.1 Å². The van der Waals surface area contributed by atoms with Gasteiger partial charge in [-0.25, -0.2) is 9.97 Å². The lowest BCUT2D eigenvalue weighted by molar-refractivity contribution is -0.137. The fraction of sp³-hybridized carbons (Fsp3) is 0.273. The molecule has 0 amide bonds. The van der Waals surface area contributed by atoms with Crippen LogP contribution in [0.25, 0.3) is 21.6 Å². The summed E-state index contributed by atoms with van der Waals surface area (Å²) >= 11 is 0.542. The van der Waals surface area contributed by atoms with Crippen LogP contribution in [-0.4, -0.2) is 31.7 Å². The molecule has 0 aliphatic heterocycles. The second-order valence-corrected chi connectivity index (χ2v) is 5.12. The Morgan fingerprint density at radius 3 is 2.76 bits per heavy atom. The number of nitrogens with zero attached hydrogens (tertiary/aromatic N) is 4. The minimum Gasteiger partial charge on any atom is -0.354 e. The largest absolute Gasteiger partial charge is 0.443 e. The quantitative estimate of drug-likeness (QED) is 0.777. The van der Waals surface area contributed by atoms with Gasteiger partial charge in [-0.05, 0) is 6.92 Å². The standard InChI is InChI=1S/C11H9F3N6S/c1-2-15-10-18-7(5-3-17-20-8(5)19-10)6-4-16-9(21-6)11(12,13)14/h3-4H,2H2,1H3,(H2,15,17,18,19,20). The van der Waals surface area contributed by atoms with Gasteiger partial charge in [0.05, 0.1) is 22.2 Å². The van der Waals surface area contributed by atoms with Crippen LogP contribution >= 0.6 is 11.3 Å². The third kappa shape index (κ3) is 2.53. The predicted molar refractivity (Wildman–Crippen MR) is 72.0 cm³/mol. The summed E-state index contributed by atoms with van der Waals surface area (Å²) in [5, 5.41) is 9.11. The second-order valence-electron chi connectivity index (χ2n) is 4.09. The maximum atomic E-state index is 12.7. The summed E-state index contributed by atoms with van der Waals surface area (Å²) in [6.45, 7) is 2.46. The first-order valence-corrected chi connectivity index (χ1v) is 6.79. The van der Waals surface area contributed by atoms with E-state index >= 15 is 0 Å². The van der Waals surface area contributed by atoms with Crippen LogP contribution in [-0.2, 0) is 6.18 Å². The molecule has 3 aromatic rings. The van der Waals surface area contributed by atoms with Crippen LogP contribution in [0.4, 0.5) is 19.1 Å². The van der Waals surface area contributed by atoms with E-state index in [1.807, 2.05) is 6.92 Å². The monoisotopic (exact) mass is 314 g/mol. The molecular formula is C11H9F3N6S. The molecule has 6 nitrogen and oxygen atoms in total. The first-order valence-electron chi connectivity index (χ1n) is 5.97. The van der Waals surface area contributed by atoms with Crippen molar-refractivity contribution in [3.63, 3.8) is 0 Å². The van der Waals surface area contributed by atoms with E-state index in [1.165, 1.54) is 6.20 Å². The highest BCUT2D eigenvalue weighted by Gasteiger charge is 2.35. The number of thiazole rings is 1. The predicted octanol–water partition coefficient (Wildman–Crippen LogP) is 2.93. The molecule has 0 saturated heterocycles.